The van der Waals surface area contributed by atoms with Gasteiger partial charge in [-0.05, 0) is 19.1 Å². The molecule has 102 valence electrons. The van der Waals surface area contributed by atoms with Crippen LogP contribution in [0.25, 0.3) is 0 Å². The molecule has 7 heteroatoms. The Balaban J connectivity index is 3.11. The molecular weight excluding hydrogens is 254 g/mol. The minimum atomic E-state index is -1.77. The number of carbonyl (C=O) groups excluding carboxylic acids is 2. The van der Waals surface area contributed by atoms with Gasteiger partial charge in [0.2, 0.25) is 11.4 Å². The first-order valence-electron chi connectivity index (χ1n) is 5.29. The minimum absolute atomic E-state index is 0.125. The number of rotatable bonds is 5. The molecule has 1 atom stereocenters. The van der Waals surface area contributed by atoms with Gasteiger partial charge in [-0.1, -0.05) is 0 Å². The zero-order valence-electron chi connectivity index (χ0n) is 10.7. The van der Waals surface area contributed by atoms with Gasteiger partial charge in [-0.2, -0.15) is 0 Å². The molecular formula is C12H13NO6. The van der Waals surface area contributed by atoms with Crippen LogP contribution >= 0.6 is 0 Å². The number of nitro groups is 1. The van der Waals surface area contributed by atoms with Gasteiger partial charge in [0.25, 0.3) is 5.69 Å². The van der Waals surface area contributed by atoms with E-state index in [0.717, 1.165) is 7.11 Å². The standard InChI is InChI=1S/C12H13NO6/c1-12(19-3,11(15)18-2)10(14)8-4-6-9(7-5-8)13(16)17/h4-7H,1-3H3. The number of benzene rings is 1. The maximum absolute atomic E-state index is 12.2. The Morgan fingerprint density at radius 2 is 1.74 bits per heavy atom. The number of ether oxygens (including phenoxy) is 2. The van der Waals surface area contributed by atoms with Crippen LogP contribution in [0.4, 0.5) is 5.69 Å². The van der Waals surface area contributed by atoms with Crippen molar-refractivity contribution in [3.05, 3.63) is 39.9 Å². The van der Waals surface area contributed by atoms with Crippen LogP contribution in [0.3, 0.4) is 0 Å². The summed E-state index contributed by atoms with van der Waals surface area (Å²) in [6.07, 6.45) is 0. The van der Waals surface area contributed by atoms with E-state index in [1.165, 1.54) is 38.3 Å². The van der Waals surface area contributed by atoms with Gasteiger partial charge in [0.1, 0.15) is 0 Å². The van der Waals surface area contributed by atoms with Crippen LogP contribution in [0.15, 0.2) is 24.3 Å². The summed E-state index contributed by atoms with van der Waals surface area (Å²) >= 11 is 0. The van der Waals surface area contributed by atoms with Crippen LogP contribution in [0.5, 0.6) is 0 Å². The highest BCUT2D eigenvalue weighted by Crippen LogP contribution is 2.21. The number of carbonyl (C=O) groups is 2. The van der Waals surface area contributed by atoms with Gasteiger partial charge < -0.3 is 9.47 Å². The van der Waals surface area contributed by atoms with Crippen LogP contribution < -0.4 is 0 Å². The number of Topliss-reactive ketones (excluding diaryl/α,β-unsaturated/α-hetero) is 1. The van der Waals surface area contributed by atoms with Crippen molar-refractivity contribution in [3.8, 4) is 0 Å². The average molecular weight is 267 g/mol. The van der Waals surface area contributed by atoms with Crippen molar-refractivity contribution in [1.82, 2.24) is 0 Å². The van der Waals surface area contributed by atoms with Crippen molar-refractivity contribution in [3.63, 3.8) is 0 Å². The molecule has 0 aliphatic carbocycles. The second kappa shape index (κ2) is 5.57. The fraction of sp³-hybridized carbons (Fsp3) is 0.333. The third-order valence-electron chi connectivity index (χ3n) is 2.76. The molecule has 0 radical (unpaired) electrons. The summed E-state index contributed by atoms with van der Waals surface area (Å²) in [4.78, 5) is 33.7. The van der Waals surface area contributed by atoms with Gasteiger partial charge >= 0.3 is 5.97 Å². The Kier molecular flexibility index (Phi) is 4.34. The zero-order valence-corrected chi connectivity index (χ0v) is 10.7. The maximum atomic E-state index is 12.2. The SMILES string of the molecule is COC(=O)C(C)(OC)C(=O)c1ccc([N+](=O)[O-])cc1. The normalized spacial score (nSPS) is 13.4. The minimum Gasteiger partial charge on any atom is -0.467 e. The van der Waals surface area contributed by atoms with E-state index in [1.807, 2.05) is 0 Å². The summed E-state index contributed by atoms with van der Waals surface area (Å²) in [6.45, 7) is 1.28. The number of nitro benzene ring substituents is 1. The zero-order chi connectivity index (χ0) is 14.6. The molecule has 1 aromatic carbocycles. The van der Waals surface area contributed by atoms with E-state index in [9.17, 15) is 19.7 Å². The molecule has 0 saturated heterocycles. The lowest BCUT2D eigenvalue weighted by atomic mass is 9.94. The fourth-order valence-electron chi connectivity index (χ4n) is 1.47. The number of nitrogens with zero attached hydrogens (tertiary/aromatic N) is 1. The second-order valence-electron chi connectivity index (χ2n) is 3.86. The van der Waals surface area contributed by atoms with Gasteiger partial charge in [-0.3, -0.25) is 14.9 Å². The molecule has 0 amide bonds. The summed E-state index contributed by atoms with van der Waals surface area (Å²) in [5.74, 6) is -1.46. The largest absolute Gasteiger partial charge is 0.467 e. The van der Waals surface area contributed by atoms with E-state index < -0.39 is 22.3 Å². The molecule has 0 aliphatic rings. The molecule has 0 bridgehead atoms. The highest BCUT2D eigenvalue weighted by atomic mass is 16.6. The first-order chi connectivity index (χ1) is 8.86. The quantitative estimate of drug-likeness (QED) is 0.263. The van der Waals surface area contributed by atoms with E-state index in [0.29, 0.717) is 0 Å². The summed E-state index contributed by atoms with van der Waals surface area (Å²) in [6, 6.07) is 4.89. The van der Waals surface area contributed by atoms with E-state index in [4.69, 9.17) is 4.74 Å². The highest BCUT2D eigenvalue weighted by Gasteiger charge is 2.43. The van der Waals surface area contributed by atoms with Crippen molar-refractivity contribution in [2.75, 3.05) is 14.2 Å². The first-order valence-corrected chi connectivity index (χ1v) is 5.29. The summed E-state index contributed by atoms with van der Waals surface area (Å²) in [5, 5.41) is 10.5. The summed E-state index contributed by atoms with van der Waals surface area (Å²) in [7, 11) is 2.35. The molecule has 0 aromatic heterocycles. The fourth-order valence-corrected chi connectivity index (χ4v) is 1.47. The molecule has 1 unspecified atom stereocenters. The highest BCUT2D eigenvalue weighted by molar-refractivity contribution is 6.15. The number of hydrogen-bond acceptors (Lipinski definition) is 6. The predicted octanol–water partition coefficient (Wildman–Crippen LogP) is 1.36. The number of methoxy groups -OCH3 is 2. The lowest BCUT2D eigenvalue weighted by molar-refractivity contribution is -0.384. The van der Waals surface area contributed by atoms with Crippen LogP contribution in [0.2, 0.25) is 0 Å². The maximum Gasteiger partial charge on any atom is 0.346 e. The predicted molar refractivity (Wildman–Crippen MR) is 64.9 cm³/mol. The van der Waals surface area contributed by atoms with Crippen molar-refractivity contribution in [2.45, 2.75) is 12.5 Å². The molecule has 0 spiro atoms. The van der Waals surface area contributed by atoms with E-state index in [-0.39, 0.29) is 11.3 Å². The van der Waals surface area contributed by atoms with Crippen molar-refractivity contribution in [2.24, 2.45) is 0 Å². The lowest BCUT2D eigenvalue weighted by Gasteiger charge is -2.23. The monoisotopic (exact) mass is 267 g/mol. The van der Waals surface area contributed by atoms with E-state index in [2.05, 4.69) is 4.74 Å². The Labute approximate surface area is 109 Å². The van der Waals surface area contributed by atoms with Gasteiger partial charge in [0.05, 0.1) is 12.0 Å². The second-order valence-corrected chi connectivity index (χ2v) is 3.86. The molecule has 7 nitrogen and oxygen atoms in total. The Morgan fingerprint density at radius 3 is 2.11 bits per heavy atom. The molecule has 19 heavy (non-hydrogen) atoms. The Morgan fingerprint density at radius 1 is 1.21 bits per heavy atom. The number of esters is 1. The average Bonchev–Trinajstić information content (AvgIpc) is 2.44. The van der Waals surface area contributed by atoms with E-state index in [1.54, 1.807) is 0 Å². The molecule has 0 N–H and O–H groups in total. The van der Waals surface area contributed by atoms with Gasteiger partial charge in [0, 0.05) is 24.8 Å². The van der Waals surface area contributed by atoms with E-state index >= 15 is 0 Å². The summed E-state index contributed by atoms with van der Waals surface area (Å²) in [5.41, 5.74) is -1.79. The van der Waals surface area contributed by atoms with Crippen molar-refractivity contribution >= 4 is 17.4 Å². The summed E-state index contributed by atoms with van der Waals surface area (Å²) < 4.78 is 9.44. The van der Waals surface area contributed by atoms with Crippen LogP contribution in [-0.4, -0.2) is 36.5 Å². The van der Waals surface area contributed by atoms with Crippen molar-refractivity contribution in [1.29, 1.82) is 0 Å². The molecule has 1 rings (SSSR count). The third-order valence-corrected chi connectivity index (χ3v) is 2.76. The topological polar surface area (TPSA) is 95.7 Å². The molecule has 0 aliphatic heterocycles. The molecule has 0 fully saturated rings. The lowest BCUT2D eigenvalue weighted by Crippen LogP contribution is -2.46. The van der Waals surface area contributed by atoms with Gasteiger partial charge in [-0.15, -0.1) is 0 Å². The van der Waals surface area contributed by atoms with Crippen molar-refractivity contribution < 1.29 is 24.0 Å². The van der Waals surface area contributed by atoms with Crippen LogP contribution in [0, 0.1) is 10.1 Å². The molecule has 0 saturated carbocycles. The number of hydrogen-bond donors (Lipinski definition) is 0. The Hall–Kier alpha value is -2.28. The number of non-ortho nitro benzene ring substituents is 1. The third kappa shape index (κ3) is 2.76. The smallest absolute Gasteiger partial charge is 0.346 e. The Bertz CT molecular complexity index is 509. The first kappa shape index (κ1) is 14.8. The van der Waals surface area contributed by atoms with Gasteiger partial charge in [-0.25, -0.2) is 4.79 Å². The number of ketones is 1. The van der Waals surface area contributed by atoms with Gasteiger partial charge in [0.15, 0.2) is 0 Å². The van der Waals surface area contributed by atoms with Crippen LogP contribution in [-0.2, 0) is 14.3 Å². The molecule has 1 aromatic rings. The molecule has 0 heterocycles. The van der Waals surface area contributed by atoms with Crippen LogP contribution in [0.1, 0.15) is 17.3 Å².